The van der Waals surface area contributed by atoms with Gasteiger partial charge in [0.05, 0.1) is 22.2 Å². The molecule has 3 heterocycles. The van der Waals surface area contributed by atoms with Gasteiger partial charge in [-0.2, -0.15) is 0 Å². The first-order chi connectivity index (χ1) is 13.4. The quantitative estimate of drug-likeness (QED) is 0.623. The summed E-state index contributed by atoms with van der Waals surface area (Å²) in [6.07, 6.45) is 0. The lowest BCUT2D eigenvalue weighted by Crippen LogP contribution is -2.30. The predicted octanol–water partition coefficient (Wildman–Crippen LogP) is 4.31. The largest absolute Gasteiger partial charge is 0.508 e. The molecular weight excluding hydrogens is 396 g/mol. The summed E-state index contributed by atoms with van der Waals surface area (Å²) in [5.41, 5.74) is 1.40. The van der Waals surface area contributed by atoms with E-state index in [0.29, 0.717) is 15.6 Å². The SMILES string of the molecule is Cc1nc(N2C(=O)C(O)=C(C(=O)c3cccs3)C2c2ccc(O)cc2)sc1C. The number of amides is 1. The van der Waals surface area contributed by atoms with E-state index in [4.69, 9.17) is 0 Å². The van der Waals surface area contributed by atoms with Gasteiger partial charge in [0.2, 0.25) is 5.78 Å². The van der Waals surface area contributed by atoms with Crippen molar-refractivity contribution in [1.29, 1.82) is 0 Å². The molecule has 3 aromatic rings. The van der Waals surface area contributed by atoms with Gasteiger partial charge in [0.15, 0.2) is 10.9 Å². The van der Waals surface area contributed by atoms with Gasteiger partial charge in [-0.15, -0.1) is 22.7 Å². The third kappa shape index (κ3) is 2.90. The molecule has 2 N–H and O–H groups in total. The summed E-state index contributed by atoms with van der Waals surface area (Å²) < 4.78 is 0. The first kappa shape index (κ1) is 18.4. The van der Waals surface area contributed by atoms with Crippen LogP contribution in [-0.4, -0.2) is 26.9 Å². The summed E-state index contributed by atoms with van der Waals surface area (Å²) in [5, 5.41) is 22.4. The Morgan fingerprint density at radius 1 is 1.14 bits per heavy atom. The number of carbonyl (C=O) groups is 2. The minimum Gasteiger partial charge on any atom is -0.508 e. The highest BCUT2D eigenvalue weighted by Crippen LogP contribution is 2.44. The van der Waals surface area contributed by atoms with Crippen molar-refractivity contribution in [3.05, 3.63) is 74.1 Å². The summed E-state index contributed by atoms with van der Waals surface area (Å²) in [5.74, 6) is -1.56. The summed E-state index contributed by atoms with van der Waals surface area (Å²) >= 11 is 2.58. The van der Waals surface area contributed by atoms with E-state index in [1.54, 1.807) is 29.6 Å². The minimum atomic E-state index is -0.826. The molecule has 0 saturated heterocycles. The number of aliphatic hydroxyl groups excluding tert-OH is 1. The number of carbonyl (C=O) groups excluding carboxylic acids is 2. The fourth-order valence-electron chi connectivity index (χ4n) is 3.11. The van der Waals surface area contributed by atoms with Gasteiger partial charge >= 0.3 is 0 Å². The van der Waals surface area contributed by atoms with Gasteiger partial charge in [-0.25, -0.2) is 4.98 Å². The van der Waals surface area contributed by atoms with Crippen molar-refractivity contribution in [2.24, 2.45) is 0 Å². The maximum atomic E-state index is 13.1. The maximum absolute atomic E-state index is 13.1. The van der Waals surface area contributed by atoms with Crippen LogP contribution in [0.15, 0.2) is 53.1 Å². The van der Waals surface area contributed by atoms with Crippen LogP contribution >= 0.6 is 22.7 Å². The van der Waals surface area contributed by atoms with Gasteiger partial charge < -0.3 is 10.2 Å². The Morgan fingerprint density at radius 3 is 2.43 bits per heavy atom. The number of ketones is 1. The minimum absolute atomic E-state index is 0.0173. The summed E-state index contributed by atoms with van der Waals surface area (Å²) in [6.45, 7) is 3.74. The number of nitrogens with zero attached hydrogens (tertiary/aromatic N) is 2. The van der Waals surface area contributed by atoms with Crippen molar-refractivity contribution in [3.8, 4) is 5.75 Å². The van der Waals surface area contributed by atoms with Crippen molar-refractivity contribution in [2.45, 2.75) is 19.9 Å². The molecule has 4 rings (SSSR count). The number of thiophene rings is 1. The van der Waals surface area contributed by atoms with Crippen LogP contribution in [0.1, 0.15) is 31.8 Å². The monoisotopic (exact) mass is 412 g/mol. The molecule has 0 aliphatic carbocycles. The molecule has 1 aromatic carbocycles. The summed E-state index contributed by atoms with van der Waals surface area (Å²) in [7, 11) is 0. The highest BCUT2D eigenvalue weighted by molar-refractivity contribution is 7.16. The van der Waals surface area contributed by atoms with E-state index in [1.807, 2.05) is 13.8 Å². The third-order valence-electron chi connectivity index (χ3n) is 4.63. The molecule has 1 atom stereocenters. The fraction of sp³-hybridized carbons (Fsp3) is 0.150. The number of aliphatic hydroxyl groups is 1. The zero-order valence-electron chi connectivity index (χ0n) is 15.0. The molecule has 2 aromatic heterocycles. The maximum Gasteiger partial charge on any atom is 0.296 e. The predicted molar refractivity (Wildman–Crippen MR) is 108 cm³/mol. The molecule has 0 radical (unpaired) electrons. The smallest absolute Gasteiger partial charge is 0.296 e. The second-order valence-electron chi connectivity index (χ2n) is 6.38. The molecule has 1 aliphatic heterocycles. The van der Waals surface area contributed by atoms with Crippen molar-refractivity contribution in [2.75, 3.05) is 4.90 Å². The topological polar surface area (TPSA) is 90.7 Å². The number of Topliss-reactive ketones (excluding diaryl/α,β-unsaturated/α-hetero) is 1. The number of rotatable bonds is 4. The lowest BCUT2D eigenvalue weighted by molar-refractivity contribution is -0.117. The van der Waals surface area contributed by atoms with Gasteiger partial charge in [-0.3, -0.25) is 14.5 Å². The summed E-state index contributed by atoms with van der Waals surface area (Å²) in [6, 6.07) is 8.81. The van der Waals surface area contributed by atoms with Crippen LogP contribution in [0.25, 0.3) is 0 Å². The van der Waals surface area contributed by atoms with Gasteiger partial charge in [-0.1, -0.05) is 18.2 Å². The van der Waals surface area contributed by atoms with E-state index < -0.39 is 23.5 Å². The molecule has 8 heteroatoms. The van der Waals surface area contributed by atoms with Gasteiger partial charge in [0.1, 0.15) is 5.75 Å². The Bertz CT molecular complexity index is 1080. The molecule has 142 valence electrons. The van der Waals surface area contributed by atoms with Crippen LogP contribution in [0.2, 0.25) is 0 Å². The Balaban J connectivity index is 1.89. The molecule has 0 saturated carbocycles. The van der Waals surface area contributed by atoms with E-state index >= 15 is 0 Å². The number of phenols is 1. The lowest BCUT2D eigenvalue weighted by atomic mass is 9.95. The average molecular weight is 412 g/mol. The van der Waals surface area contributed by atoms with Crippen LogP contribution in [0.5, 0.6) is 5.75 Å². The number of hydrogen-bond acceptors (Lipinski definition) is 7. The van der Waals surface area contributed by atoms with Crippen molar-refractivity contribution < 1.29 is 19.8 Å². The number of aryl methyl sites for hydroxylation is 2. The second-order valence-corrected chi connectivity index (χ2v) is 8.51. The van der Waals surface area contributed by atoms with Crippen LogP contribution < -0.4 is 4.90 Å². The molecule has 28 heavy (non-hydrogen) atoms. The zero-order chi connectivity index (χ0) is 20.0. The number of benzene rings is 1. The number of thiazole rings is 1. The fourth-order valence-corrected chi connectivity index (χ4v) is 4.72. The van der Waals surface area contributed by atoms with Crippen LogP contribution in [0.3, 0.4) is 0 Å². The molecule has 0 fully saturated rings. The number of aromatic nitrogens is 1. The van der Waals surface area contributed by atoms with E-state index in [2.05, 4.69) is 4.98 Å². The number of hydrogen-bond donors (Lipinski definition) is 2. The Morgan fingerprint density at radius 2 is 1.86 bits per heavy atom. The highest BCUT2D eigenvalue weighted by Gasteiger charge is 2.46. The molecular formula is C20H16N2O4S2. The van der Waals surface area contributed by atoms with Crippen LogP contribution in [0, 0.1) is 13.8 Å². The molecule has 1 aliphatic rings. The molecule has 1 amide bonds. The van der Waals surface area contributed by atoms with E-state index in [1.165, 1.54) is 39.7 Å². The summed E-state index contributed by atoms with van der Waals surface area (Å²) in [4.78, 5) is 33.3. The van der Waals surface area contributed by atoms with E-state index in [9.17, 15) is 19.8 Å². The first-order valence-electron chi connectivity index (χ1n) is 8.46. The Labute approximate surface area is 169 Å². The standard InChI is InChI=1S/C20H16N2O4S2/c1-10-11(2)28-20(21-10)22-16(12-5-7-13(23)8-6-12)15(18(25)19(22)26)17(24)14-4-3-9-27-14/h3-9,16,23,25H,1-2H3. The van der Waals surface area contributed by atoms with E-state index in [-0.39, 0.29) is 11.3 Å². The van der Waals surface area contributed by atoms with Gasteiger partial charge in [0, 0.05) is 4.88 Å². The van der Waals surface area contributed by atoms with Crippen molar-refractivity contribution >= 4 is 39.5 Å². The third-order valence-corrected chi connectivity index (χ3v) is 6.57. The van der Waals surface area contributed by atoms with Crippen molar-refractivity contribution in [1.82, 2.24) is 4.98 Å². The normalized spacial score (nSPS) is 16.9. The van der Waals surface area contributed by atoms with Crippen LogP contribution in [-0.2, 0) is 4.79 Å². The van der Waals surface area contributed by atoms with Crippen LogP contribution in [0.4, 0.5) is 5.13 Å². The Kier molecular flexibility index (Phi) is 4.52. The number of anilines is 1. The molecule has 1 unspecified atom stereocenters. The second kappa shape index (κ2) is 6.88. The van der Waals surface area contributed by atoms with Gasteiger partial charge in [-0.05, 0) is 43.0 Å². The Hall–Kier alpha value is -2.97. The van der Waals surface area contributed by atoms with E-state index in [0.717, 1.165) is 10.6 Å². The number of phenolic OH excluding ortho intramolecular Hbond substituents is 1. The lowest BCUT2D eigenvalue weighted by Gasteiger charge is -2.24. The molecule has 0 spiro atoms. The highest BCUT2D eigenvalue weighted by atomic mass is 32.1. The first-order valence-corrected chi connectivity index (χ1v) is 10.2. The number of aromatic hydroxyl groups is 1. The molecule has 0 bridgehead atoms. The average Bonchev–Trinajstić information content (AvgIpc) is 3.37. The zero-order valence-corrected chi connectivity index (χ0v) is 16.7. The van der Waals surface area contributed by atoms with Gasteiger partial charge in [0.25, 0.3) is 5.91 Å². The van der Waals surface area contributed by atoms with Crippen molar-refractivity contribution in [3.63, 3.8) is 0 Å². The molecule has 6 nitrogen and oxygen atoms in total.